The lowest BCUT2D eigenvalue weighted by atomic mass is 10.2. The number of imidazole rings is 1. The zero-order chi connectivity index (χ0) is 15.5. The van der Waals surface area contributed by atoms with Gasteiger partial charge < -0.3 is 14.6 Å². The molecule has 0 radical (unpaired) electrons. The third kappa shape index (κ3) is 3.04. The van der Waals surface area contributed by atoms with E-state index in [4.69, 9.17) is 16.3 Å². The molecule has 1 aromatic heterocycles. The SMILES string of the molecule is CN(C(=O)COc1ccc(Cl)cc1)c1ccc2nc[nH]c2c1. The minimum absolute atomic E-state index is 0.0425. The van der Waals surface area contributed by atoms with E-state index in [9.17, 15) is 4.79 Å². The first kappa shape index (κ1) is 14.4. The minimum Gasteiger partial charge on any atom is -0.484 e. The molecule has 6 heteroatoms. The Kier molecular flexibility index (Phi) is 3.98. The summed E-state index contributed by atoms with van der Waals surface area (Å²) < 4.78 is 5.47. The van der Waals surface area contributed by atoms with Crippen LogP contribution in [0, 0.1) is 0 Å². The fraction of sp³-hybridized carbons (Fsp3) is 0.125. The maximum atomic E-state index is 12.2. The number of H-pyrrole nitrogens is 1. The van der Waals surface area contributed by atoms with Gasteiger partial charge in [0.1, 0.15) is 5.75 Å². The van der Waals surface area contributed by atoms with Crippen LogP contribution in [0.25, 0.3) is 11.0 Å². The Balaban J connectivity index is 1.67. The first-order valence-corrected chi connectivity index (χ1v) is 7.09. The van der Waals surface area contributed by atoms with Gasteiger partial charge in [-0.2, -0.15) is 0 Å². The maximum absolute atomic E-state index is 12.2. The van der Waals surface area contributed by atoms with Crippen molar-refractivity contribution in [3.63, 3.8) is 0 Å². The van der Waals surface area contributed by atoms with Crippen LogP contribution in [0.1, 0.15) is 0 Å². The van der Waals surface area contributed by atoms with E-state index < -0.39 is 0 Å². The van der Waals surface area contributed by atoms with Gasteiger partial charge >= 0.3 is 0 Å². The van der Waals surface area contributed by atoms with Crippen molar-refractivity contribution in [3.8, 4) is 5.75 Å². The minimum atomic E-state index is -0.145. The van der Waals surface area contributed by atoms with Crippen LogP contribution in [0.5, 0.6) is 5.75 Å². The summed E-state index contributed by atoms with van der Waals surface area (Å²) in [6, 6.07) is 12.5. The molecule has 0 unspecified atom stereocenters. The number of hydrogen-bond donors (Lipinski definition) is 1. The number of rotatable bonds is 4. The lowest BCUT2D eigenvalue weighted by Crippen LogP contribution is -2.31. The highest BCUT2D eigenvalue weighted by Gasteiger charge is 2.12. The number of amides is 1. The molecule has 0 saturated carbocycles. The summed E-state index contributed by atoms with van der Waals surface area (Å²) in [7, 11) is 1.71. The van der Waals surface area contributed by atoms with Crippen molar-refractivity contribution in [2.75, 3.05) is 18.6 Å². The lowest BCUT2D eigenvalue weighted by molar-refractivity contribution is -0.120. The molecular formula is C16H14ClN3O2. The Morgan fingerprint density at radius 3 is 2.82 bits per heavy atom. The summed E-state index contributed by atoms with van der Waals surface area (Å²) >= 11 is 5.80. The number of nitrogens with zero attached hydrogens (tertiary/aromatic N) is 2. The van der Waals surface area contributed by atoms with Crippen LogP contribution >= 0.6 is 11.6 Å². The molecule has 2 aromatic carbocycles. The van der Waals surface area contributed by atoms with E-state index in [2.05, 4.69) is 9.97 Å². The highest BCUT2D eigenvalue weighted by Crippen LogP contribution is 2.19. The Bertz CT molecular complexity index is 799. The van der Waals surface area contributed by atoms with Gasteiger partial charge in [-0.15, -0.1) is 0 Å². The summed E-state index contributed by atoms with van der Waals surface area (Å²) in [5.74, 6) is 0.462. The number of carbonyl (C=O) groups excluding carboxylic acids is 1. The molecule has 0 spiro atoms. The van der Waals surface area contributed by atoms with Crippen molar-refractivity contribution < 1.29 is 9.53 Å². The fourth-order valence-electron chi connectivity index (χ4n) is 2.05. The number of aromatic nitrogens is 2. The molecule has 0 fully saturated rings. The van der Waals surface area contributed by atoms with Crippen molar-refractivity contribution in [1.82, 2.24) is 9.97 Å². The van der Waals surface area contributed by atoms with Crippen LogP contribution in [-0.4, -0.2) is 29.5 Å². The van der Waals surface area contributed by atoms with Crippen molar-refractivity contribution in [2.24, 2.45) is 0 Å². The summed E-state index contributed by atoms with van der Waals surface area (Å²) in [4.78, 5) is 20.9. The van der Waals surface area contributed by atoms with E-state index in [1.807, 2.05) is 18.2 Å². The molecule has 1 heterocycles. The van der Waals surface area contributed by atoms with Gasteiger partial charge in [-0.05, 0) is 42.5 Å². The van der Waals surface area contributed by atoms with Crippen molar-refractivity contribution in [1.29, 1.82) is 0 Å². The number of carbonyl (C=O) groups is 1. The van der Waals surface area contributed by atoms with E-state index in [0.29, 0.717) is 10.8 Å². The van der Waals surface area contributed by atoms with Gasteiger partial charge in [0.15, 0.2) is 6.61 Å². The third-order valence-corrected chi connectivity index (χ3v) is 3.59. The zero-order valence-corrected chi connectivity index (χ0v) is 12.7. The van der Waals surface area contributed by atoms with Crippen LogP contribution in [-0.2, 0) is 4.79 Å². The number of fused-ring (bicyclic) bond motifs is 1. The molecule has 0 aliphatic heterocycles. The fourth-order valence-corrected chi connectivity index (χ4v) is 2.17. The normalized spacial score (nSPS) is 10.6. The quantitative estimate of drug-likeness (QED) is 0.804. The summed E-state index contributed by atoms with van der Waals surface area (Å²) in [6.07, 6.45) is 1.62. The molecule has 0 atom stereocenters. The highest BCUT2D eigenvalue weighted by molar-refractivity contribution is 6.30. The molecular weight excluding hydrogens is 302 g/mol. The molecule has 1 amide bonds. The molecule has 112 valence electrons. The van der Waals surface area contributed by atoms with Crippen molar-refractivity contribution in [2.45, 2.75) is 0 Å². The summed E-state index contributed by atoms with van der Waals surface area (Å²) in [6.45, 7) is -0.0425. The summed E-state index contributed by atoms with van der Waals surface area (Å²) in [5.41, 5.74) is 2.53. The number of ether oxygens (including phenoxy) is 1. The van der Waals surface area contributed by atoms with Gasteiger partial charge in [0, 0.05) is 17.8 Å². The number of anilines is 1. The Hall–Kier alpha value is -2.53. The number of benzene rings is 2. The summed E-state index contributed by atoms with van der Waals surface area (Å²) in [5, 5.41) is 0.628. The Morgan fingerprint density at radius 2 is 2.05 bits per heavy atom. The van der Waals surface area contributed by atoms with Crippen LogP contribution in [0.3, 0.4) is 0 Å². The topological polar surface area (TPSA) is 58.2 Å². The first-order valence-electron chi connectivity index (χ1n) is 6.71. The molecule has 22 heavy (non-hydrogen) atoms. The van der Waals surface area contributed by atoms with Crippen LogP contribution in [0.15, 0.2) is 48.8 Å². The van der Waals surface area contributed by atoms with Crippen molar-refractivity contribution in [3.05, 3.63) is 53.8 Å². The highest BCUT2D eigenvalue weighted by atomic mass is 35.5. The Labute approximate surface area is 132 Å². The maximum Gasteiger partial charge on any atom is 0.264 e. The standard InChI is InChI=1S/C16H14ClN3O2/c1-20(12-4-7-14-15(8-12)19-10-18-14)16(21)9-22-13-5-2-11(17)3-6-13/h2-8,10H,9H2,1H3,(H,18,19). The van der Waals surface area contributed by atoms with Gasteiger partial charge in [0.25, 0.3) is 5.91 Å². The predicted octanol–water partition coefficient (Wildman–Crippen LogP) is 3.26. The van der Waals surface area contributed by atoms with E-state index in [1.165, 1.54) is 0 Å². The van der Waals surface area contributed by atoms with E-state index in [1.54, 1.807) is 42.5 Å². The van der Waals surface area contributed by atoms with Gasteiger partial charge in [-0.1, -0.05) is 11.6 Å². The van der Waals surface area contributed by atoms with Crippen LogP contribution < -0.4 is 9.64 Å². The smallest absolute Gasteiger partial charge is 0.264 e. The Morgan fingerprint density at radius 1 is 1.27 bits per heavy atom. The van der Waals surface area contributed by atoms with Crippen LogP contribution in [0.4, 0.5) is 5.69 Å². The number of hydrogen-bond acceptors (Lipinski definition) is 3. The number of aromatic amines is 1. The van der Waals surface area contributed by atoms with Crippen LogP contribution in [0.2, 0.25) is 5.02 Å². The molecule has 5 nitrogen and oxygen atoms in total. The molecule has 0 bridgehead atoms. The monoisotopic (exact) mass is 315 g/mol. The second-order valence-electron chi connectivity index (χ2n) is 4.80. The number of halogens is 1. The average Bonchev–Trinajstić information content (AvgIpc) is 3.00. The molecule has 3 aromatic rings. The molecule has 0 aliphatic carbocycles. The lowest BCUT2D eigenvalue weighted by Gasteiger charge is -2.17. The molecule has 3 rings (SSSR count). The second-order valence-corrected chi connectivity index (χ2v) is 5.24. The predicted molar refractivity (Wildman–Crippen MR) is 86.5 cm³/mol. The third-order valence-electron chi connectivity index (χ3n) is 3.34. The van der Waals surface area contributed by atoms with E-state index >= 15 is 0 Å². The molecule has 0 saturated heterocycles. The van der Waals surface area contributed by atoms with E-state index in [-0.39, 0.29) is 12.5 Å². The van der Waals surface area contributed by atoms with E-state index in [0.717, 1.165) is 16.7 Å². The number of nitrogens with one attached hydrogen (secondary N) is 1. The average molecular weight is 316 g/mol. The van der Waals surface area contributed by atoms with Gasteiger partial charge in [0.2, 0.25) is 0 Å². The van der Waals surface area contributed by atoms with Crippen molar-refractivity contribution >= 4 is 34.2 Å². The number of likely N-dealkylation sites (N-methyl/N-ethyl adjacent to an activating group) is 1. The molecule has 1 N–H and O–H groups in total. The zero-order valence-electron chi connectivity index (χ0n) is 11.9. The van der Waals surface area contributed by atoms with Gasteiger partial charge in [-0.25, -0.2) is 4.98 Å². The first-order chi connectivity index (χ1) is 10.6. The van der Waals surface area contributed by atoms with Gasteiger partial charge in [0.05, 0.1) is 17.4 Å². The molecule has 0 aliphatic rings. The second kappa shape index (κ2) is 6.07. The van der Waals surface area contributed by atoms with Gasteiger partial charge in [-0.3, -0.25) is 4.79 Å². The largest absolute Gasteiger partial charge is 0.484 e.